The third-order valence-electron chi connectivity index (χ3n) is 2.27. The highest BCUT2D eigenvalue weighted by Crippen LogP contribution is 2.30. The molecule has 0 aliphatic carbocycles. The van der Waals surface area contributed by atoms with Crippen LogP contribution in [0.15, 0.2) is 22.7 Å². The molecule has 0 fully saturated rings. The molecule has 96 valence electrons. The van der Waals surface area contributed by atoms with Gasteiger partial charge in [-0.1, -0.05) is 12.1 Å². The van der Waals surface area contributed by atoms with Crippen LogP contribution < -0.4 is 11.3 Å². The van der Waals surface area contributed by atoms with Gasteiger partial charge in [0.2, 0.25) is 0 Å². The Bertz CT molecular complexity index is 381. The van der Waals surface area contributed by atoms with Crippen LogP contribution in [0, 0.1) is 5.82 Å². The van der Waals surface area contributed by atoms with Gasteiger partial charge in [0.25, 0.3) is 0 Å². The van der Waals surface area contributed by atoms with E-state index in [1.54, 1.807) is 6.07 Å². The van der Waals surface area contributed by atoms with Crippen LogP contribution in [0.25, 0.3) is 0 Å². The van der Waals surface area contributed by atoms with Crippen LogP contribution in [0.3, 0.4) is 0 Å². The highest BCUT2D eigenvalue weighted by atomic mass is 79.9. The molecule has 0 spiro atoms. The molecule has 0 aliphatic heterocycles. The second-order valence-corrected chi connectivity index (χ2v) is 4.37. The minimum Gasteiger partial charge on any atom is -0.271 e. The van der Waals surface area contributed by atoms with Crippen LogP contribution in [-0.2, 0) is 0 Å². The molecule has 2 nitrogen and oxygen atoms in total. The lowest BCUT2D eigenvalue weighted by Crippen LogP contribution is -2.30. The fourth-order valence-electron chi connectivity index (χ4n) is 1.43. The van der Waals surface area contributed by atoms with Gasteiger partial charge >= 0.3 is 6.18 Å². The fourth-order valence-corrected chi connectivity index (χ4v) is 1.81. The zero-order chi connectivity index (χ0) is 13.1. The molecule has 0 radical (unpaired) electrons. The smallest absolute Gasteiger partial charge is 0.271 e. The quantitative estimate of drug-likeness (QED) is 0.507. The standard InChI is InChI=1S/C10H11BrF4N2/c11-7-3-1-2-6(9(7)12)8(17-16)4-5-10(13,14)15/h1-3,8,17H,4-5,16H2. The van der Waals surface area contributed by atoms with Gasteiger partial charge < -0.3 is 0 Å². The van der Waals surface area contributed by atoms with Crippen molar-refractivity contribution >= 4 is 15.9 Å². The lowest BCUT2D eigenvalue weighted by molar-refractivity contribution is -0.136. The van der Waals surface area contributed by atoms with Gasteiger partial charge in [0.15, 0.2) is 0 Å². The SMILES string of the molecule is NNC(CCC(F)(F)F)c1cccc(Br)c1F. The number of hydrazine groups is 1. The molecule has 0 bridgehead atoms. The first kappa shape index (κ1) is 14.4. The first-order valence-corrected chi connectivity index (χ1v) is 5.61. The maximum Gasteiger partial charge on any atom is 0.389 e. The van der Waals surface area contributed by atoms with E-state index in [0.717, 1.165) is 0 Å². The Labute approximate surface area is 104 Å². The van der Waals surface area contributed by atoms with Gasteiger partial charge in [-0.3, -0.25) is 11.3 Å². The predicted molar refractivity (Wildman–Crippen MR) is 59.5 cm³/mol. The summed E-state index contributed by atoms with van der Waals surface area (Å²) in [4.78, 5) is 0. The predicted octanol–water partition coefficient (Wildman–Crippen LogP) is 3.44. The van der Waals surface area contributed by atoms with Crippen LogP contribution in [-0.4, -0.2) is 6.18 Å². The molecule has 0 heterocycles. The first-order valence-electron chi connectivity index (χ1n) is 4.82. The minimum absolute atomic E-state index is 0.117. The first-order chi connectivity index (χ1) is 7.85. The van der Waals surface area contributed by atoms with Gasteiger partial charge in [0.05, 0.1) is 4.47 Å². The molecule has 7 heteroatoms. The molecule has 17 heavy (non-hydrogen) atoms. The normalized spacial score (nSPS) is 13.8. The largest absolute Gasteiger partial charge is 0.389 e. The van der Waals surface area contributed by atoms with Crippen LogP contribution in [0.4, 0.5) is 17.6 Å². The molecule has 0 aromatic heterocycles. The van der Waals surface area contributed by atoms with Crippen molar-refractivity contribution in [2.75, 3.05) is 0 Å². The maximum absolute atomic E-state index is 13.6. The second-order valence-electron chi connectivity index (χ2n) is 3.52. The average Bonchev–Trinajstić information content (AvgIpc) is 2.23. The van der Waals surface area contributed by atoms with Gasteiger partial charge in [-0.2, -0.15) is 13.2 Å². The second kappa shape index (κ2) is 5.79. The molecule has 1 unspecified atom stereocenters. The average molecular weight is 315 g/mol. The van der Waals surface area contributed by atoms with Crippen molar-refractivity contribution in [3.05, 3.63) is 34.1 Å². The lowest BCUT2D eigenvalue weighted by atomic mass is 10.0. The minimum atomic E-state index is -4.28. The van der Waals surface area contributed by atoms with Gasteiger partial charge in [-0.25, -0.2) is 4.39 Å². The highest BCUT2D eigenvalue weighted by molar-refractivity contribution is 9.10. The summed E-state index contributed by atoms with van der Waals surface area (Å²) in [6.45, 7) is 0. The monoisotopic (exact) mass is 314 g/mol. The third-order valence-corrected chi connectivity index (χ3v) is 2.89. The number of hydrogen-bond acceptors (Lipinski definition) is 2. The Balaban J connectivity index is 2.83. The molecule has 1 aromatic carbocycles. The summed E-state index contributed by atoms with van der Waals surface area (Å²) < 4.78 is 50.1. The molecule has 0 amide bonds. The molecule has 0 saturated carbocycles. The number of alkyl halides is 3. The van der Waals surface area contributed by atoms with E-state index in [-0.39, 0.29) is 16.5 Å². The van der Waals surface area contributed by atoms with Crippen LogP contribution in [0.2, 0.25) is 0 Å². The number of rotatable bonds is 4. The van der Waals surface area contributed by atoms with E-state index in [0.29, 0.717) is 0 Å². The van der Waals surface area contributed by atoms with Crippen molar-refractivity contribution in [2.24, 2.45) is 5.84 Å². The number of benzene rings is 1. The molecule has 1 rings (SSSR count). The van der Waals surface area contributed by atoms with E-state index >= 15 is 0 Å². The molecular formula is C10H11BrF4N2. The number of hydrogen-bond donors (Lipinski definition) is 2. The summed E-state index contributed by atoms with van der Waals surface area (Å²) >= 11 is 2.97. The van der Waals surface area contributed by atoms with E-state index in [2.05, 4.69) is 21.4 Å². The van der Waals surface area contributed by atoms with E-state index in [1.165, 1.54) is 12.1 Å². The van der Waals surface area contributed by atoms with Crippen molar-refractivity contribution in [1.29, 1.82) is 0 Å². The van der Waals surface area contributed by atoms with Gasteiger partial charge in [0, 0.05) is 18.0 Å². The number of halogens is 5. The summed E-state index contributed by atoms with van der Waals surface area (Å²) in [7, 11) is 0. The Kier molecular flexibility index (Phi) is 4.91. The van der Waals surface area contributed by atoms with Crippen molar-refractivity contribution in [3.63, 3.8) is 0 Å². The Morgan fingerprint density at radius 1 is 1.35 bits per heavy atom. The fraction of sp³-hybridized carbons (Fsp3) is 0.400. The Morgan fingerprint density at radius 2 is 2.00 bits per heavy atom. The topological polar surface area (TPSA) is 38.0 Å². The van der Waals surface area contributed by atoms with Gasteiger partial charge in [0.1, 0.15) is 5.82 Å². The molecule has 1 atom stereocenters. The van der Waals surface area contributed by atoms with Crippen molar-refractivity contribution in [2.45, 2.75) is 25.1 Å². The molecule has 0 saturated heterocycles. The van der Waals surface area contributed by atoms with E-state index in [1.807, 2.05) is 0 Å². The van der Waals surface area contributed by atoms with E-state index < -0.39 is 24.5 Å². The van der Waals surface area contributed by atoms with Crippen molar-refractivity contribution in [1.82, 2.24) is 5.43 Å². The third kappa shape index (κ3) is 4.25. The highest BCUT2D eigenvalue weighted by Gasteiger charge is 2.29. The van der Waals surface area contributed by atoms with E-state index in [4.69, 9.17) is 5.84 Å². The maximum atomic E-state index is 13.6. The zero-order valence-corrected chi connectivity index (χ0v) is 10.3. The van der Waals surface area contributed by atoms with Crippen LogP contribution in [0.1, 0.15) is 24.4 Å². The number of nitrogens with one attached hydrogen (secondary N) is 1. The molecular weight excluding hydrogens is 304 g/mol. The Morgan fingerprint density at radius 3 is 2.53 bits per heavy atom. The molecule has 0 aliphatic rings. The summed E-state index contributed by atoms with van der Waals surface area (Å²) in [6.07, 6.45) is -5.61. The summed E-state index contributed by atoms with van der Waals surface area (Å²) in [5, 5.41) is 0. The summed E-state index contributed by atoms with van der Waals surface area (Å²) in [5.41, 5.74) is 2.31. The van der Waals surface area contributed by atoms with Crippen LogP contribution >= 0.6 is 15.9 Å². The number of nitrogens with two attached hydrogens (primary N) is 1. The summed E-state index contributed by atoms with van der Waals surface area (Å²) in [5.74, 6) is 4.55. The molecule has 3 N–H and O–H groups in total. The zero-order valence-electron chi connectivity index (χ0n) is 8.69. The van der Waals surface area contributed by atoms with Crippen LogP contribution in [0.5, 0.6) is 0 Å². The summed E-state index contributed by atoms with van der Waals surface area (Å²) in [6, 6.07) is 3.55. The Hall–Kier alpha value is -0.660. The lowest BCUT2D eigenvalue weighted by Gasteiger charge is -2.18. The van der Waals surface area contributed by atoms with Crippen molar-refractivity contribution in [3.8, 4) is 0 Å². The van der Waals surface area contributed by atoms with E-state index in [9.17, 15) is 17.6 Å². The van der Waals surface area contributed by atoms with Gasteiger partial charge in [-0.15, -0.1) is 0 Å². The molecule has 1 aromatic rings. The van der Waals surface area contributed by atoms with Crippen molar-refractivity contribution < 1.29 is 17.6 Å². The van der Waals surface area contributed by atoms with Gasteiger partial charge in [-0.05, 0) is 28.4 Å².